The van der Waals surface area contributed by atoms with Crippen LogP contribution in [0.15, 0.2) is 18.3 Å². The lowest BCUT2D eigenvalue weighted by molar-refractivity contribution is -0.137. The summed E-state index contributed by atoms with van der Waals surface area (Å²) < 4.78 is 43.1. The van der Waals surface area contributed by atoms with Crippen LogP contribution in [0.5, 0.6) is 5.88 Å². The third-order valence-corrected chi connectivity index (χ3v) is 4.51. The van der Waals surface area contributed by atoms with Crippen LogP contribution in [0.2, 0.25) is 0 Å². The molecular formula is C15H21F3N2O. The van der Waals surface area contributed by atoms with E-state index in [4.69, 9.17) is 4.74 Å². The average Bonchev–Trinajstić information content (AvgIpc) is 2.66. The van der Waals surface area contributed by atoms with Crippen LogP contribution in [0.4, 0.5) is 13.2 Å². The minimum Gasteiger partial charge on any atom is -0.473 e. The van der Waals surface area contributed by atoms with Gasteiger partial charge >= 0.3 is 6.18 Å². The first-order valence-corrected chi connectivity index (χ1v) is 7.12. The lowest BCUT2D eigenvalue weighted by Gasteiger charge is -2.28. The van der Waals surface area contributed by atoms with Gasteiger partial charge in [0.25, 0.3) is 0 Å². The Kier molecular flexibility index (Phi) is 4.46. The summed E-state index contributed by atoms with van der Waals surface area (Å²) in [6.45, 7) is 6.31. The summed E-state index contributed by atoms with van der Waals surface area (Å²) in [5.74, 6) is 0.808. The monoisotopic (exact) mass is 302 g/mol. The molecule has 1 aliphatic rings. The summed E-state index contributed by atoms with van der Waals surface area (Å²) in [6.07, 6.45) is -2.66. The summed E-state index contributed by atoms with van der Waals surface area (Å²) in [4.78, 5) is 6.02. The fourth-order valence-corrected chi connectivity index (χ4v) is 2.86. The Morgan fingerprint density at radius 1 is 1.33 bits per heavy atom. The molecule has 1 aromatic rings. The molecule has 4 atom stereocenters. The van der Waals surface area contributed by atoms with Crippen LogP contribution >= 0.6 is 0 Å². The number of pyridine rings is 1. The van der Waals surface area contributed by atoms with E-state index in [2.05, 4.69) is 30.8 Å². The van der Waals surface area contributed by atoms with Gasteiger partial charge in [0, 0.05) is 24.3 Å². The van der Waals surface area contributed by atoms with E-state index in [1.807, 2.05) is 6.92 Å². The minimum absolute atomic E-state index is 0.119. The Balaban J connectivity index is 2.02. The van der Waals surface area contributed by atoms with Gasteiger partial charge in [0.05, 0.1) is 5.56 Å². The summed E-state index contributed by atoms with van der Waals surface area (Å²) in [6, 6.07) is 3.00. The molecule has 21 heavy (non-hydrogen) atoms. The van der Waals surface area contributed by atoms with Crippen molar-refractivity contribution < 1.29 is 17.9 Å². The van der Waals surface area contributed by atoms with Crippen molar-refractivity contribution in [2.45, 2.75) is 51.6 Å². The molecule has 0 amide bonds. The standard InChI is InChI=1S/C15H21F3N2O/c1-9-7-13(20(4)10(9)2)11(3)21-14-6-5-12(8-19-14)15(16,17)18/h5-6,8-11,13H,7H2,1-4H3. The first-order chi connectivity index (χ1) is 9.70. The van der Waals surface area contributed by atoms with E-state index in [1.165, 1.54) is 6.07 Å². The fourth-order valence-electron chi connectivity index (χ4n) is 2.86. The number of nitrogens with zero attached hydrogens (tertiary/aromatic N) is 2. The highest BCUT2D eigenvalue weighted by Gasteiger charge is 2.37. The highest BCUT2D eigenvalue weighted by atomic mass is 19.4. The Bertz CT molecular complexity index is 475. The first-order valence-electron chi connectivity index (χ1n) is 7.12. The molecule has 3 nitrogen and oxygen atoms in total. The normalized spacial score (nSPS) is 28.6. The van der Waals surface area contributed by atoms with Gasteiger partial charge in [-0.25, -0.2) is 4.98 Å². The molecule has 2 heterocycles. The second-order valence-electron chi connectivity index (χ2n) is 5.89. The molecule has 0 spiro atoms. The third-order valence-electron chi connectivity index (χ3n) is 4.51. The lowest BCUT2D eigenvalue weighted by Crippen LogP contribution is -2.40. The first kappa shape index (κ1) is 16.1. The summed E-state index contributed by atoms with van der Waals surface area (Å²) in [5.41, 5.74) is -0.761. The molecule has 0 bridgehead atoms. The van der Waals surface area contributed by atoms with E-state index < -0.39 is 11.7 Å². The van der Waals surface area contributed by atoms with Gasteiger partial charge in [-0.3, -0.25) is 4.90 Å². The fraction of sp³-hybridized carbons (Fsp3) is 0.667. The van der Waals surface area contributed by atoms with Gasteiger partial charge in [0.15, 0.2) is 0 Å². The van der Waals surface area contributed by atoms with Crippen LogP contribution in [0, 0.1) is 5.92 Å². The molecule has 0 radical (unpaired) electrons. The number of aromatic nitrogens is 1. The molecule has 0 N–H and O–H groups in total. The Morgan fingerprint density at radius 2 is 2.00 bits per heavy atom. The molecule has 6 heteroatoms. The lowest BCUT2D eigenvalue weighted by atomic mass is 10.0. The maximum Gasteiger partial charge on any atom is 0.417 e. The Labute approximate surface area is 123 Å². The smallest absolute Gasteiger partial charge is 0.417 e. The van der Waals surface area contributed by atoms with Gasteiger partial charge in [-0.15, -0.1) is 0 Å². The van der Waals surface area contributed by atoms with Crippen molar-refractivity contribution in [3.05, 3.63) is 23.9 Å². The minimum atomic E-state index is -4.37. The van der Waals surface area contributed by atoms with Gasteiger partial charge in [0.1, 0.15) is 6.10 Å². The van der Waals surface area contributed by atoms with Crippen LogP contribution < -0.4 is 4.74 Å². The number of likely N-dealkylation sites (tertiary alicyclic amines) is 1. The SMILES string of the molecule is CC1CC(C(C)Oc2ccc(C(F)(F)F)cn2)N(C)C1C. The number of hydrogen-bond donors (Lipinski definition) is 0. The Morgan fingerprint density at radius 3 is 2.43 bits per heavy atom. The van der Waals surface area contributed by atoms with E-state index in [0.29, 0.717) is 12.0 Å². The zero-order valence-corrected chi connectivity index (χ0v) is 12.7. The number of alkyl halides is 3. The zero-order valence-electron chi connectivity index (χ0n) is 12.7. The van der Waals surface area contributed by atoms with Crippen LogP contribution in [-0.2, 0) is 6.18 Å². The predicted molar refractivity (Wildman–Crippen MR) is 74.1 cm³/mol. The molecule has 1 saturated heterocycles. The molecule has 1 aromatic heterocycles. The van der Waals surface area contributed by atoms with Gasteiger partial charge in [0.2, 0.25) is 5.88 Å². The van der Waals surface area contributed by atoms with Crippen molar-refractivity contribution in [1.82, 2.24) is 9.88 Å². The third kappa shape index (κ3) is 3.48. The van der Waals surface area contributed by atoms with Crippen molar-refractivity contribution in [2.75, 3.05) is 7.05 Å². The quantitative estimate of drug-likeness (QED) is 0.853. The molecule has 1 fully saturated rings. The number of hydrogen-bond acceptors (Lipinski definition) is 3. The maximum atomic E-state index is 12.5. The number of likely N-dealkylation sites (N-methyl/N-ethyl adjacent to an activating group) is 1. The van der Waals surface area contributed by atoms with Gasteiger partial charge in [-0.2, -0.15) is 13.2 Å². The van der Waals surface area contributed by atoms with Gasteiger partial charge in [-0.05, 0) is 39.3 Å². The number of rotatable bonds is 3. The molecule has 0 aliphatic carbocycles. The maximum absolute atomic E-state index is 12.5. The van der Waals surface area contributed by atoms with Crippen molar-refractivity contribution >= 4 is 0 Å². The largest absolute Gasteiger partial charge is 0.473 e. The van der Waals surface area contributed by atoms with Gasteiger partial charge in [-0.1, -0.05) is 6.92 Å². The summed E-state index contributed by atoms with van der Waals surface area (Å²) in [7, 11) is 2.05. The summed E-state index contributed by atoms with van der Waals surface area (Å²) >= 11 is 0. The predicted octanol–water partition coefficient (Wildman–Crippen LogP) is 3.60. The van der Waals surface area contributed by atoms with Gasteiger partial charge < -0.3 is 4.74 Å². The van der Waals surface area contributed by atoms with Crippen LogP contribution in [0.3, 0.4) is 0 Å². The average molecular weight is 302 g/mol. The molecule has 0 aromatic carbocycles. The second kappa shape index (κ2) is 5.83. The van der Waals surface area contributed by atoms with E-state index in [0.717, 1.165) is 18.7 Å². The van der Waals surface area contributed by atoms with E-state index in [1.54, 1.807) is 0 Å². The van der Waals surface area contributed by atoms with Crippen molar-refractivity contribution in [1.29, 1.82) is 0 Å². The molecular weight excluding hydrogens is 281 g/mol. The van der Waals surface area contributed by atoms with Crippen LogP contribution in [-0.4, -0.2) is 35.1 Å². The molecule has 118 valence electrons. The van der Waals surface area contributed by atoms with Crippen molar-refractivity contribution in [3.63, 3.8) is 0 Å². The van der Waals surface area contributed by atoms with Crippen LogP contribution in [0.25, 0.3) is 0 Å². The molecule has 0 saturated carbocycles. The number of halogens is 3. The topological polar surface area (TPSA) is 25.4 Å². The van der Waals surface area contributed by atoms with Crippen LogP contribution in [0.1, 0.15) is 32.8 Å². The zero-order chi connectivity index (χ0) is 15.8. The van der Waals surface area contributed by atoms with E-state index >= 15 is 0 Å². The van der Waals surface area contributed by atoms with Crippen molar-refractivity contribution in [2.24, 2.45) is 5.92 Å². The molecule has 2 rings (SSSR count). The summed E-state index contributed by atoms with van der Waals surface area (Å²) in [5, 5.41) is 0. The molecule has 4 unspecified atom stereocenters. The van der Waals surface area contributed by atoms with Crippen molar-refractivity contribution in [3.8, 4) is 5.88 Å². The Hall–Kier alpha value is -1.30. The van der Waals surface area contributed by atoms with E-state index in [9.17, 15) is 13.2 Å². The highest BCUT2D eigenvalue weighted by Crippen LogP contribution is 2.32. The van der Waals surface area contributed by atoms with E-state index in [-0.39, 0.29) is 18.0 Å². The highest BCUT2D eigenvalue weighted by molar-refractivity contribution is 5.20. The molecule has 1 aliphatic heterocycles. The number of ether oxygens (including phenoxy) is 1. The second-order valence-corrected chi connectivity index (χ2v) is 5.89.